The van der Waals surface area contributed by atoms with Gasteiger partial charge in [0, 0.05) is 4.47 Å². The van der Waals surface area contributed by atoms with E-state index in [-0.39, 0.29) is 0 Å². The number of aryl methyl sites for hydroxylation is 1. The molecular formula is C11H15BrO. The molecule has 1 rings (SSSR count). The third-order valence-corrected chi connectivity index (χ3v) is 2.47. The first-order valence-electron chi connectivity index (χ1n) is 4.44. The number of aliphatic hydroxyl groups is 1. The first-order chi connectivity index (χ1) is 5.97. The van der Waals surface area contributed by atoms with Crippen molar-refractivity contribution in [1.29, 1.82) is 0 Å². The summed E-state index contributed by atoms with van der Waals surface area (Å²) in [5.41, 5.74) is 0.706. The van der Waals surface area contributed by atoms with Crippen molar-refractivity contribution < 1.29 is 5.11 Å². The zero-order valence-corrected chi connectivity index (χ0v) is 9.63. The van der Waals surface area contributed by atoms with E-state index in [2.05, 4.69) is 28.1 Å². The second-order valence-electron chi connectivity index (χ2n) is 3.94. The molecule has 0 heterocycles. The van der Waals surface area contributed by atoms with Gasteiger partial charge in [-0.1, -0.05) is 28.1 Å². The maximum Gasteiger partial charge on any atom is 0.0594 e. The van der Waals surface area contributed by atoms with Crippen molar-refractivity contribution in [3.8, 4) is 0 Å². The van der Waals surface area contributed by atoms with Crippen LogP contribution in [0, 0.1) is 0 Å². The molecule has 0 fully saturated rings. The van der Waals surface area contributed by atoms with Gasteiger partial charge < -0.3 is 5.11 Å². The number of hydrogen-bond acceptors (Lipinski definition) is 1. The molecule has 1 N–H and O–H groups in total. The van der Waals surface area contributed by atoms with Gasteiger partial charge in [-0.25, -0.2) is 0 Å². The normalized spacial score (nSPS) is 11.7. The average Bonchev–Trinajstić information content (AvgIpc) is 2.02. The SMILES string of the molecule is CC(C)(O)CCc1ccc(Br)cc1. The van der Waals surface area contributed by atoms with Crippen molar-refractivity contribution in [1.82, 2.24) is 0 Å². The molecule has 0 aliphatic carbocycles. The monoisotopic (exact) mass is 242 g/mol. The minimum atomic E-state index is -0.562. The van der Waals surface area contributed by atoms with Gasteiger partial charge in [0.2, 0.25) is 0 Å². The first kappa shape index (κ1) is 10.7. The van der Waals surface area contributed by atoms with Gasteiger partial charge in [0.15, 0.2) is 0 Å². The standard InChI is InChI=1S/C11H15BrO/c1-11(2,13)8-7-9-3-5-10(12)6-4-9/h3-6,13H,7-8H2,1-2H3. The van der Waals surface area contributed by atoms with E-state index in [9.17, 15) is 5.11 Å². The van der Waals surface area contributed by atoms with Crippen LogP contribution < -0.4 is 0 Å². The first-order valence-corrected chi connectivity index (χ1v) is 5.23. The molecule has 0 saturated carbocycles. The highest BCUT2D eigenvalue weighted by Gasteiger charge is 2.11. The smallest absolute Gasteiger partial charge is 0.0594 e. The lowest BCUT2D eigenvalue weighted by Crippen LogP contribution is -2.19. The van der Waals surface area contributed by atoms with E-state index in [0.717, 1.165) is 17.3 Å². The predicted molar refractivity (Wildman–Crippen MR) is 58.8 cm³/mol. The molecule has 0 aromatic heterocycles. The Balaban J connectivity index is 2.51. The van der Waals surface area contributed by atoms with Gasteiger partial charge in [-0.05, 0) is 44.4 Å². The average molecular weight is 243 g/mol. The Morgan fingerprint density at radius 3 is 2.23 bits per heavy atom. The molecule has 0 radical (unpaired) electrons. The number of rotatable bonds is 3. The second-order valence-corrected chi connectivity index (χ2v) is 4.85. The summed E-state index contributed by atoms with van der Waals surface area (Å²) in [4.78, 5) is 0. The van der Waals surface area contributed by atoms with Crippen LogP contribution in [0.4, 0.5) is 0 Å². The number of halogens is 1. The summed E-state index contributed by atoms with van der Waals surface area (Å²) in [5.74, 6) is 0. The molecule has 0 aliphatic rings. The van der Waals surface area contributed by atoms with Crippen molar-refractivity contribution >= 4 is 15.9 Å². The van der Waals surface area contributed by atoms with E-state index in [1.54, 1.807) is 0 Å². The van der Waals surface area contributed by atoms with Gasteiger partial charge in [0.25, 0.3) is 0 Å². The second kappa shape index (κ2) is 4.25. The summed E-state index contributed by atoms with van der Waals surface area (Å²) in [6.07, 6.45) is 1.73. The number of benzene rings is 1. The lowest BCUT2D eigenvalue weighted by atomic mass is 9.99. The molecule has 0 saturated heterocycles. The summed E-state index contributed by atoms with van der Waals surface area (Å²) in [5, 5.41) is 9.52. The predicted octanol–water partition coefficient (Wildman–Crippen LogP) is 3.15. The van der Waals surface area contributed by atoms with Crippen molar-refractivity contribution in [3.63, 3.8) is 0 Å². The molecule has 0 aliphatic heterocycles. The molecular weight excluding hydrogens is 228 g/mol. The maximum atomic E-state index is 9.52. The van der Waals surface area contributed by atoms with Gasteiger partial charge in [0.1, 0.15) is 0 Å². The van der Waals surface area contributed by atoms with E-state index in [4.69, 9.17) is 0 Å². The molecule has 1 nitrogen and oxygen atoms in total. The van der Waals surface area contributed by atoms with Gasteiger partial charge in [-0.15, -0.1) is 0 Å². The molecule has 72 valence electrons. The Morgan fingerprint density at radius 1 is 1.23 bits per heavy atom. The Hall–Kier alpha value is -0.340. The largest absolute Gasteiger partial charge is 0.390 e. The third kappa shape index (κ3) is 4.44. The highest BCUT2D eigenvalue weighted by molar-refractivity contribution is 9.10. The highest BCUT2D eigenvalue weighted by Crippen LogP contribution is 2.15. The molecule has 1 aromatic rings. The van der Waals surface area contributed by atoms with Crippen molar-refractivity contribution in [3.05, 3.63) is 34.3 Å². The Labute approximate surface area is 87.9 Å². The molecule has 0 atom stereocenters. The Bertz CT molecular complexity index is 258. The van der Waals surface area contributed by atoms with E-state index in [1.165, 1.54) is 5.56 Å². The lowest BCUT2D eigenvalue weighted by Gasteiger charge is -2.16. The van der Waals surface area contributed by atoms with Crippen LogP contribution in [0.15, 0.2) is 28.7 Å². The molecule has 0 amide bonds. The van der Waals surface area contributed by atoms with Crippen LogP contribution in [0.1, 0.15) is 25.8 Å². The van der Waals surface area contributed by atoms with Crippen LogP contribution in [-0.2, 0) is 6.42 Å². The Morgan fingerprint density at radius 2 is 1.77 bits per heavy atom. The minimum Gasteiger partial charge on any atom is -0.390 e. The summed E-state index contributed by atoms with van der Waals surface area (Å²) in [6, 6.07) is 8.21. The summed E-state index contributed by atoms with van der Waals surface area (Å²) >= 11 is 3.39. The van der Waals surface area contributed by atoms with Crippen LogP contribution in [0.25, 0.3) is 0 Å². The molecule has 2 heteroatoms. The third-order valence-electron chi connectivity index (χ3n) is 1.94. The highest BCUT2D eigenvalue weighted by atomic mass is 79.9. The van der Waals surface area contributed by atoms with E-state index < -0.39 is 5.60 Å². The van der Waals surface area contributed by atoms with Gasteiger partial charge in [-0.2, -0.15) is 0 Å². The molecule has 13 heavy (non-hydrogen) atoms. The van der Waals surface area contributed by atoms with Crippen molar-refractivity contribution in [2.75, 3.05) is 0 Å². The van der Waals surface area contributed by atoms with Crippen molar-refractivity contribution in [2.24, 2.45) is 0 Å². The van der Waals surface area contributed by atoms with Gasteiger partial charge >= 0.3 is 0 Å². The van der Waals surface area contributed by atoms with E-state index >= 15 is 0 Å². The van der Waals surface area contributed by atoms with Crippen LogP contribution in [-0.4, -0.2) is 10.7 Å². The summed E-state index contributed by atoms with van der Waals surface area (Å²) in [7, 11) is 0. The quantitative estimate of drug-likeness (QED) is 0.864. The Kier molecular flexibility index (Phi) is 3.51. The van der Waals surface area contributed by atoms with Crippen molar-refractivity contribution in [2.45, 2.75) is 32.3 Å². The molecule has 1 aromatic carbocycles. The van der Waals surface area contributed by atoms with Crippen LogP contribution in [0.2, 0.25) is 0 Å². The fourth-order valence-corrected chi connectivity index (χ4v) is 1.37. The van der Waals surface area contributed by atoms with E-state index in [1.807, 2.05) is 26.0 Å². The zero-order chi connectivity index (χ0) is 9.90. The summed E-state index contributed by atoms with van der Waals surface area (Å²) in [6.45, 7) is 3.68. The molecule has 0 spiro atoms. The topological polar surface area (TPSA) is 20.2 Å². The summed E-state index contributed by atoms with van der Waals surface area (Å²) < 4.78 is 1.10. The fraction of sp³-hybridized carbons (Fsp3) is 0.455. The van der Waals surface area contributed by atoms with Gasteiger partial charge in [0.05, 0.1) is 5.60 Å². The van der Waals surface area contributed by atoms with Crippen LogP contribution in [0.3, 0.4) is 0 Å². The van der Waals surface area contributed by atoms with Crippen LogP contribution in [0.5, 0.6) is 0 Å². The zero-order valence-electron chi connectivity index (χ0n) is 8.05. The number of hydrogen-bond donors (Lipinski definition) is 1. The van der Waals surface area contributed by atoms with E-state index in [0.29, 0.717) is 0 Å². The fourth-order valence-electron chi connectivity index (χ4n) is 1.10. The lowest BCUT2D eigenvalue weighted by molar-refractivity contribution is 0.0714. The van der Waals surface area contributed by atoms with Gasteiger partial charge in [-0.3, -0.25) is 0 Å². The van der Waals surface area contributed by atoms with Crippen LogP contribution >= 0.6 is 15.9 Å². The maximum absolute atomic E-state index is 9.52. The minimum absolute atomic E-state index is 0.562. The molecule has 0 bridgehead atoms. The molecule has 0 unspecified atom stereocenters.